The molecule has 2 saturated heterocycles. The van der Waals surface area contributed by atoms with E-state index in [4.69, 9.17) is 30.8 Å². The Morgan fingerprint density at radius 2 is 1.89 bits per heavy atom. The number of aryl methyl sites for hydroxylation is 1. The first-order chi connectivity index (χ1) is 21.8. The second-order valence-corrected chi connectivity index (χ2v) is 12.8. The van der Waals surface area contributed by atoms with Crippen LogP contribution in [0.4, 0.5) is 4.39 Å². The lowest BCUT2D eigenvalue weighted by Crippen LogP contribution is -2.35. The lowest BCUT2D eigenvalue weighted by atomic mass is 9.88. The highest BCUT2D eigenvalue weighted by atomic mass is 35.5. The van der Waals surface area contributed by atoms with E-state index in [0.717, 1.165) is 85.7 Å². The van der Waals surface area contributed by atoms with Crippen LogP contribution in [0, 0.1) is 5.82 Å². The maximum absolute atomic E-state index is 14.9. The zero-order valence-electron chi connectivity index (χ0n) is 25.2. The normalized spacial score (nSPS) is 21.8. The zero-order chi connectivity index (χ0) is 30.7. The van der Waals surface area contributed by atoms with Gasteiger partial charge in [-0.3, -0.25) is 9.58 Å². The quantitative estimate of drug-likeness (QED) is 0.205. The molecule has 2 atom stereocenters. The highest BCUT2D eigenvalue weighted by molar-refractivity contribution is 6.30. The van der Waals surface area contributed by atoms with Crippen molar-refractivity contribution in [2.45, 2.75) is 57.1 Å². The highest BCUT2D eigenvalue weighted by Crippen LogP contribution is 2.50. The van der Waals surface area contributed by atoms with Crippen LogP contribution >= 0.6 is 11.6 Å². The molecule has 0 bridgehead atoms. The first-order valence-electron chi connectivity index (χ1n) is 15.5. The second kappa shape index (κ2) is 11.1. The molecule has 0 N–H and O–H groups in total. The molecule has 0 spiro atoms. The first kappa shape index (κ1) is 28.5. The topological polar surface area (TPSA) is 79.5 Å². The van der Waals surface area contributed by atoms with Crippen molar-refractivity contribution in [1.29, 1.82) is 0 Å². The Morgan fingerprint density at radius 3 is 2.62 bits per heavy atom. The number of para-hydroxylation sites is 1. The molecule has 2 aromatic heterocycles. The number of fused-ring (bicyclic) bond motifs is 2. The maximum Gasteiger partial charge on any atom is 0.278 e. The number of nitrogens with zero attached hydrogens (tertiary/aromatic N) is 6. The van der Waals surface area contributed by atoms with Crippen molar-refractivity contribution in [2.24, 2.45) is 7.05 Å². The third-order valence-electron chi connectivity index (χ3n) is 9.33. The molecule has 0 radical (unpaired) electrons. The summed E-state index contributed by atoms with van der Waals surface area (Å²) in [4.78, 5) is 7.61. The van der Waals surface area contributed by atoms with Gasteiger partial charge in [0.2, 0.25) is 0 Å². The minimum atomic E-state index is -1.26. The number of hydrogen-bond acceptors (Lipinski definition) is 7. The number of hydrogen-bond donors (Lipinski definition) is 0. The van der Waals surface area contributed by atoms with Gasteiger partial charge >= 0.3 is 0 Å². The Labute approximate surface area is 265 Å². The molecule has 0 saturated carbocycles. The summed E-state index contributed by atoms with van der Waals surface area (Å²) >= 11 is 6.00. The summed E-state index contributed by atoms with van der Waals surface area (Å²) in [5, 5.41) is 8.71. The van der Waals surface area contributed by atoms with Crippen molar-refractivity contribution in [3.8, 4) is 22.8 Å². The van der Waals surface area contributed by atoms with E-state index >= 15 is 0 Å². The number of halogens is 2. The standard InChI is InChI=1S/C34H34ClFN6O3/c1-34(26-8-7-23(35)17-27(26)36)44-31-5-3-4-25(33(31)45-34)21-10-13-41(14-11-21)20-32-37-28-16-22(29-19-40(2)39-38-29)6-9-30(28)42(32)18-24-12-15-43-24/h3-9,16-17,19,21,24H,10-15,18,20H2,1-2H3. The Morgan fingerprint density at radius 1 is 1.04 bits per heavy atom. The summed E-state index contributed by atoms with van der Waals surface area (Å²) in [6.07, 6.45) is 5.14. The Balaban J connectivity index is 1.000. The van der Waals surface area contributed by atoms with Crippen molar-refractivity contribution in [3.05, 3.63) is 88.6 Å². The van der Waals surface area contributed by atoms with Gasteiger partial charge in [-0.2, -0.15) is 0 Å². The maximum atomic E-state index is 14.9. The van der Waals surface area contributed by atoms with E-state index in [1.807, 2.05) is 25.4 Å². The molecule has 0 amide bonds. The predicted molar refractivity (Wildman–Crippen MR) is 168 cm³/mol. The molecule has 2 unspecified atom stereocenters. The summed E-state index contributed by atoms with van der Waals surface area (Å²) < 4.78 is 37.3. The summed E-state index contributed by atoms with van der Waals surface area (Å²) in [5.41, 5.74) is 5.34. The van der Waals surface area contributed by atoms with E-state index in [1.165, 1.54) is 6.07 Å². The first-order valence-corrected chi connectivity index (χ1v) is 15.9. The fraction of sp³-hybridized carbons (Fsp3) is 0.382. The highest BCUT2D eigenvalue weighted by Gasteiger charge is 2.43. The minimum Gasteiger partial charge on any atom is -0.444 e. The summed E-state index contributed by atoms with van der Waals surface area (Å²) in [7, 11) is 1.87. The number of aromatic nitrogens is 5. The van der Waals surface area contributed by atoms with Crippen LogP contribution in [0.1, 0.15) is 49.1 Å². The third-order valence-corrected chi connectivity index (χ3v) is 9.56. The smallest absolute Gasteiger partial charge is 0.278 e. The van der Waals surface area contributed by atoms with Gasteiger partial charge < -0.3 is 18.8 Å². The van der Waals surface area contributed by atoms with E-state index in [9.17, 15) is 4.39 Å². The van der Waals surface area contributed by atoms with Gasteiger partial charge in [-0.25, -0.2) is 9.37 Å². The lowest BCUT2D eigenvalue weighted by Gasteiger charge is -2.33. The van der Waals surface area contributed by atoms with Crippen LogP contribution in [0.3, 0.4) is 0 Å². The molecule has 9 nitrogen and oxygen atoms in total. The molecule has 11 heteroatoms. The van der Waals surface area contributed by atoms with Crippen molar-refractivity contribution in [1.82, 2.24) is 29.4 Å². The van der Waals surface area contributed by atoms with Gasteiger partial charge in [-0.05, 0) is 74.7 Å². The lowest BCUT2D eigenvalue weighted by molar-refractivity contribution is -0.0712. The van der Waals surface area contributed by atoms with Gasteiger partial charge in [0, 0.05) is 36.7 Å². The van der Waals surface area contributed by atoms with Gasteiger partial charge in [0.15, 0.2) is 11.5 Å². The van der Waals surface area contributed by atoms with Gasteiger partial charge in [-0.15, -0.1) is 5.10 Å². The summed E-state index contributed by atoms with van der Waals surface area (Å²) in [6, 6.07) is 16.9. The van der Waals surface area contributed by atoms with E-state index < -0.39 is 11.6 Å². The van der Waals surface area contributed by atoms with Crippen molar-refractivity contribution < 1.29 is 18.6 Å². The zero-order valence-corrected chi connectivity index (χ0v) is 26.0. The van der Waals surface area contributed by atoms with E-state index in [-0.39, 0.29) is 6.10 Å². The van der Waals surface area contributed by atoms with Crippen molar-refractivity contribution in [3.63, 3.8) is 0 Å². The molecule has 3 aromatic carbocycles. The van der Waals surface area contributed by atoms with Crippen LogP contribution in [-0.2, 0) is 30.7 Å². The number of piperidine rings is 1. The van der Waals surface area contributed by atoms with Gasteiger partial charge in [0.1, 0.15) is 17.3 Å². The molecule has 232 valence electrons. The molecule has 0 aliphatic carbocycles. The monoisotopic (exact) mass is 628 g/mol. The van der Waals surface area contributed by atoms with E-state index in [1.54, 1.807) is 23.7 Å². The molecular weight excluding hydrogens is 595 g/mol. The van der Waals surface area contributed by atoms with Crippen LogP contribution < -0.4 is 9.47 Å². The van der Waals surface area contributed by atoms with Crippen LogP contribution in [0.5, 0.6) is 11.5 Å². The summed E-state index contributed by atoms with van der Waals surface area (Å²) in [5.74, 6) is 0.979. The molecular formula is C34H34ClFN6O3. The number of ether oxygens (including phenoxy) is 3. The molecule has 2 fully saturated rings. The Bertz CT molecular complexity index is 1900. The fourth-order valence-electron chi connectivity index (χ4n) is 6.81. The largest absolute Gasteiger partial charge is 0.444 e. The van der Waals surface area contributed by atoms with Crippen LogP contribution in [-0.4, -0.2) is 55.2 Å². The third kappa shape index (κ3) is 5.24. The molecule has 3 aliphatic rings. The van der Waals surface area contributed by atoms with Gasteiger partial charge in [-0.1, -0.05) is 35.0 Å². The van der Waals surface area contributed by atoms with Crippen LogP contribution in [0.25, 0.3) is 22.3 Å². The van der Waals surface area contributed by atoms with E-state index in [0.29, 0.717) is 28.0 Å². The minimum absolute atomic E-state index is 0.223. The Hall–Kier alpha value is -3.99. The number of likely N-dealkylation sites (tertiary alicyclic amines) is 1. The molecule has 8 rings (SSSR count). The van der Waals surface area contributed by atoms with Crippen LogP contribution in [0.2, 0.25) is 5.02 Å². The van der Waals surface area contributed by atoms with Gasteiger partial charge in [0.05, 0.1) is 42.0 Å². The second-order valence-electron chi connectivity index (χ2n) is 12.4. The van der Waals surface area contributed by atoms with Crippen molar-refractivity contribution in [2.75, 3.05) is 19.7 Å². The molecule has 5 heterocycles. The average Bonchev–Trinajstić information content (AvgIpc) is 3.69. The SMILES string of the molecule is Cn1cc(-c2ccc3c(c2)nc(CN2CCC(c4cccc5c4OC(C)(c4ccc(Cl)cc4F)O5)CC2)n3CC2CCO2)nn1. The van der Waals surface area contributed by atoms with Gasteiger partial charge in [0.25, 0.3) is 5.79 Å². The van der Waals surface area contributed by atoms with E-state index in [2.05, 4.69) is 44.0 Å². The summed E-state index contributed by atoms with van der Waals surface area (Å²) in [6.45, 7) is 5.98. The number of benzene rings is 3. The molecule has 5 aromatic rings. The Kier molecular flexibility index (Phi) is 7.04. The fourth-order valence-corrected chi connectivity index (χ4v) is 6.97. The number of rotatable bonds is 7. The number of imidazole rings is 1. The van der Waals surface area contributed by atoms with Crippen molar-refractivity contribution >= 4 is 22.6 Å². The molecule has 3 aliphatic heterocycles. The molecule has 45 heavy (non-hydrogen) atoms. The van der Waals surface area contributed by atoms with Crippen LogP contribution in [0.15, 0.2) is 60.8 Å². The predicted octanol–water partition coefficient (Wildman–Crippen LogP) is 6.44. The average molecular weight is 629 g/mol.